The number of rotatable bonds is 3. The highest BCUT2D eigenvalue weighted by Gasteiger charge is 2.43. The number of fused-ring (bicyclic) bond motifs is 1. The molecule has 0 spiro atoms. The molecule has 0 bridgehead atoms. The van der Waals surface area contributed by atoms with E-state index in [0.29, 0.717) is 13.0 Å². The minimum atomic E-state index is -3.85. The van der Waals surface area contributed by atoms with Crippen molar-refractivity contribution in [3.05, 3.63) is 66.2 Å². The predicted octanol–water partition coefficient (Wildman–Crippen LogP) is 5.84. The lowest BCUT2D eigenvalue weighted by atomic mass is 9.92. The van der Waals surface area contributed by atoms with Crippen LogP contribution in [0.15, 0.2) is 59.7 Å². The van der Waals surface area contributed by atoms with E-state index in [1.54, 1.807) is 6.21 Å². The number of nitrogens with zero attached hydrogens (tertiary/aromatic N) is 2. The van der Waals surface area contributed by atoms with Gasteiger partial charge in [0.2, 0.25) is 0 Å². The van der Waals surface area contributed by atoms with Gasteiger partial charge in [0.15, 0.2) is 11.5 Å². The molecule has 0 atom stereocenters. The molecule has 0 fully saturated rings. The van der Waals surface area contributed by atoms with Crippen molar-refractivity contribution in [3.8, 4) is 33.8 Å². The average molecular weight is 457 g/mol. The van der Waals surface area contributed by atoms with Gasteiger partial charge in [0, 0.05) is 29.3 Å². The van der Waals surface area contributed by atoms with Crippen molar-refractivity contribution in [3.63, 3.8) is 0 Å². The number of halogens is 4. The molecule has 2 aliphatic rings. The molecule has 0 saturated carbocycles. The largest absolute Gasteiger partial charge is 0.586 e. The maximum atomic E-state index is 15.1. The first-order valence-corrected chi connectivity index (χ1v) is 9.91. The van der Waals surface area contributed by atoms with E-state index >= 15 is 4.39 Å². The Morgan fingerprint density at radius 3 is 2.52 bits per heavy atom. The first-order chi connectivity index (χ1) is 15.8. The molecule has 0 aliphatic carbocycles. The van der Waals surface area contributed by atoms with Crippen LogP contribution in [0, 0.1) is 11.6 Å². The second-order valence-electron chi connectivity index (χ2n) is 7.29. The number of carbonyl (C=O) groups is 1. The highest BCUT2D eigenvalue weighted by molar-refractivity contribution is 6.00. The van der Waals surface area contributed by atoms with Gasteiger partial charge >= 0.3 is 12.3 Å². The maximum Gasteiger partial charge on any atom is 0.586 e. The van der Waals surface area contributed by atoms with Crippen LogP contribution in [0.2, 0.25) is 0 Å². The van der Waals surface area contributed by atoms with E-state index in [1.165, 1.54) is 53.5 Å². The molecule has 6 nitrogen and oxygen atoms in total. The summed E-state index contributed by atoms with van der Waals surface area (Å²) >= 11 is 0. The molecule has 3 aromatic carbocycles. The van der Waals surface area contributed by atoms with Crippen molar-refractivity contribution in [1.82, 2.24) is 5.01 Å². The Morgan fingerprint density at radius 1 is 0.970 bits per heavy atom. The molecule has 33 heavy (non-hydrogen) atoms. The smallest absolute Gasteiger partial charge is 0.395 e. The summed E-state index contributed by atoms with van der Waals surface area (Å²) in [6.45, 7) is 0.363. The lowest BCUT2D eigenvalue weighted by Gasteiger charge is -2.19. The van der Waals surface area contributed by atoms with Gasteiger partial charge in [0.25, 0.3) is 0 Å². The van der Waals surface area contributed by atoms with Crippen LogP contribution in [0.1, 0.15) is 6.42 Å². The number of ether oxygens (including phenoxy) is 2. The molecule has 1 N–H and O–H groups in total. The number of carbonyl (C=O) groups excluding carboxylic acids is 1. The van der Waals surface area contributed by atoms with E-state index in [0.717, 1.165) is 6.07 Å². The van der Waals surface area contributed by atoms with Gasteiger partial charge in [-0.1, -0.05) is 24.3 Å². The molecule has 2 heterocycles. The van der Waals surface area contributed by atoms with Crippen LogP contribution in [-0.4, -0.2) is 30.1 Å². The van der Waals surface area contributed by atoms with Gasteiger partial charge in [-0.05, 0) is 35.9 Å². The predicted molar refractivity (Wildman–Crippen MR) is 112 cm³/mol. The summed E-state index contributed by atoms with van der Waals surface area (Å²) in [5.74, 6) is -1.94. The molecule has 0 unspecified atom stereocenters. The lowest BCUT2D eigenvalue weighted by Crippen LogP contribution is -2.29. The molecule has 2 aliphatic heterocycles. The monoisotopic (exact) mass is 457 g/mol. The minimum Gasteiger partial charge on any atom is -0.395 e. The van der Waals surface area contributed by atoms with E-state index < -0.39 is 24.0 Å². The Labute approximate surface area is 185 Å². The fourth-order valence-electron chi connectivity index (χ4n) is 3.74. The highest BCUT2D eigenvalue weighted by Crippen LogP contribution is 2.47. The van der Waals surface area contributed by atoms with Gasteiger partial charge in [-0.3, -0.25) is 0 Å². The number of alkyl halides is 2. The van der Waals surface area contributed by atoms with Crippen LogP contribution in [-0.2, 0) is 0 Å². The fraction of sp³-hybridized carbons (Fsp3) is 0.130. The lowest BCUT2D eigenvalue weighted by molar-refractivity contribution is -0.286. The third-order valence-electron chi connectivity index (χ3n) is 5.15. The van der Waals surface area contributed by atoms with E-state index in [4.69, 9.17) is 0 Å². The van der Waals surface area contributed by atoms with Gasteiger partial charge in [-0.25, -0.2) is 18.6 Å². The first kappa shape index (κ1) is 20.8. The van der Waals surface area contributed by atoms with Crippen molar-refractivity contribution in [1.29, 1.82) is 0 Å². The maximum absolute atomic E-state index is 15.1. The van der Waals surface area contributed by atoms with Gasteiger partial charge in [0.1, 0.15) is 11.6 Å². The van der Waals surface area contributed by atoms with Gasteiger partial charge in [-0.2, -0.15) is 5.10 Å². The quantitative estimate of drug-likeness (QED) is 0.503. The number of hydrogen-bond donors (Lipinski definition) is 1. The number of benzene rings is 3. The first-order valence-electron chi connectivity index (χ1n) is 9.91. The standard InChI is InChI=1S/C23H15F4N3O3/c24-15-5-2-1-4-14(15)21-16(25)7-8-17(29-22(31)30-11-3-10-28-30)20(21)13-6-9-18-19(12-13)33-23(26,27)32-18/h1-2,4-10,12H,3,11H2,(H,29,31). The topological polar surface area (TPSA) is 63.2 Å². The SMILES string of the molecule is O=C(Nc1ccc(F)c(-c2ccccc2F)c1-c1ccc2c(c1)OC(F)(F)O2)N1CCC=N1. The van der Waals surface area contributed by atoms with Crippen molar-refractivity contribution >= 4 is 17.9 Å². The normalized spacial score (nSPS) is 15.7. The summed E-state index contributed by atoms with van der Waals surface area (Å²) in [5.41, 5.74) is 0.198. The van der Waals surface area contributed by atoms with Gasteiger partial charge < -0.3 is 14.8 Å². The Bertz CT molecular complexity index is 1300. The van der Waals surface area contributed by atoms with E-state index in [1.807, 2.05) is 0 Å². The van der Waals surface area contributed by atoms with Crippen molar-refractivity contribution < 1.29 is 31.8 Å². The Morgan fingerprint density at radius 2 is 1.76 bits per heavy atom. The van der Waals surface area contributed by atoms with Crippen LogP contribution in [0.4, 0.5) is 28.0 Å². The van der Waals surface area contributed by atoms with Crippen LogP contribution in [0.25, 0.3) is 22.3 Å². The zero-order valence-electron chi connectivity index (χ0n) is 16.8. The van der Waals surface area contributed by atoms with Crippen molar-refractivity contribution in [2.75, 3.05) is 11.9 Å². The Kier molecular flexibility index (Phi) is 4.92. The molecule has 2 amide bonds. The number of hydrazone groups is 1. The number of urea groups is 1. The minimum absolute atomic E-state index is 0.0664. The van der Waals surface area contributed by atoms with E-state index in [-0.39, 0.29) is 39.4 Å². The number of anilines is 1. The fourth-order valence-corrected chi connectivity index (χ4v) is 3.74. The summed E-state index contributed by atoms with van der Waals surface area (Å²) in [5, 5.41) is 7.80. The second-order valence-corrected chi connectivity index (χ2v) is 7.29. The Balaban J connectivity index is 1.69. The molecule has 0 saturated heterocycles. The third kappa shape index (κ3) is 3.84. The molecule has 0 aromatic heterocycles. The molecular formula is C23H15F4N3O3. The highest BCUT2D eigenvalue weighted by atomic mass is 19.3. The van der Waals surface area contributed by atoms with E-state index in [9.17, 15) is 18.0 Å². The van der Waals surface area contributed by atoms with Gasteiger partial charge in [-0.15, -0.1) is 8.78 Å². The molecule has 168 valence electrons. The summed E-state index contributed by atoms with van der Waals surface area (Å²) in [7, 11) is 0. The second kappa shape index (κ2) is 7.80. The molecule has 10 heteroatoms. The summed E-state index contributed by atoms with van der Waals surface area (Å²) in [4.78, 5) is 12.7. The summed E-state index contributed by atoms with van der Waals surface area (Å²) < 4.78 is 65.8. The zero-order chi connectivity index (χ0) is 23.2. The van der Waals surface area contributed by atoms with Crippen LogP contribution >= 0.6 is 0 Å². The third-order valence-corrected chi connectivity index (χ3v) is 5.15. The van der Waals surface area contributed by atoms with Crippen LogP contribution in [0.3, 0.4) is 0 Å². The number of amides is 2. The molecule has 0 radical (unpaired) electrons. The van der Waals surface area contributed by atoms with Crippen molar-refractivity contribution in [2.45, 2.75) is 12.7 Å². The number of nitrogens with one attached hydrogen (secondary N) is 1. The van der Waals surface area contributed by atoms with E-state index in [2.05, 4.69) is 19.9 Å². The van der Waals surface area contributed by atoms with Crippen LogP contribution < -0.4 is 14.8 Å². The molecular weight excluding hydrogens is 442 g/mol. The summed E-state index contributed by atoms with van der Waals surface area (Å²) in [6.07, 6.45) is -1.68. The molecule has 3 aromatic rings. The number of hydrogen-bond acceptors (Lipinski definition) is 4. The Hall–Kier alpha value is -4.08. The zero-order valence-corrected chi connectivity index (χ0v) is 16.8. The molecule has 5 rings (SSSR count). The average Bonchev–Trinajstić information content (AvgIpc) is 3.41. The van der Waals surface area contributed by atoms with Crippen LogP contribution in [0.5, 0.6) is 11.5 Å². The van der Waals surface area contributed by atoms with Crippen molar-refractivity contribution in [2.24, 2.45) is 5.10 Å². The summed E-state index contributed by atoms with van der Waals surface area (Å²) in [6, 6.07) is 11.2. The van der Waals surface area contributed by atoms with Gasteiger partial charge in [0.05, 0.1) is 12.2 Å².